The van der Waals surface area contributed by atoms with Gasteiger partial charge in [-0.25, -0.2) is 0 Å². The predicted molar refractivity (Wildman–Crippen MR) is 90.0 cm³/mol. The zero-order valence-corrected chi connectivity index (χ0v) is 13.2. The zero-order valence-electron chi connectivity index (χ0n) is 13.2. The average Bonchev–Trinajstić information content (AvgIpc) is 2.58. The van der Waals surface area contributed by atoms with E-state index in [4.69, 9.17) is 0 Å². The van der Waals surface area contributed by atoms with Gasteiger partial charge < -0.3 is 10.2 Å². The van der Waals surface area contributed by atoms with Crippen LogP contribution in [-0.4, -0.2) is 24.5 Å². The fraction of sp³-hybridized carbons (Fsp3) is 0.333. The summed E-state index contributed by atoms with van der Waals surface area (Å²) in [6, 6.07) is 11.8. The summed E-state index contributed by atoms with van der Waals surface area (Å²) in [5.41, 5.74) is 2.65. The Morgan fingerprint density at radius 3 is 2.73 bits per heavy atom. The number of benzene rings is 1. The molecule has 1 heterocycles. The number of aromatic nitrogens is 1. The Morgan fingerprint density at radius 2 is 2.00 bits per heavy atom. The highest BCUT2D eigenvalue weighted by atomic mass is 16.1. The highest BCUT2D eigenvalue weighted by Gasteiger charge is 2.08. The van der Waals surface area contributed by atoms with Crippen molar-refractivity contribution >= 4 is 11.6 Å². The lowest BCUT2D eigenvalue weighted by Crippen LogP contribution is -2.24. The van der Waals surface area contributed by atoms with E-state index in [1.165, 1.54) is 0 Å². The van der Waals surface area contributed by atoms with Crippen LogP contribution in [0.25, 0.3) is 0 Å². The van der Waals surface area contributed by atoms with E-state index >= 15 is 0 Å². The van der Waals surface area contributed by atoms with Gasteiger partial charge in [-0.1, -0.05) is 43.7 Å². The van der Waals surface area contributed by atoms with Gasteiger partial charge in [0.25, 0.3) is 5.91 Å². The molecule has 4 heteroatoms. The van der Waals surface area contributed by atoms with Crippen molar-refractivity contribution in [3.63, 3.8) is 0 Å². The Labute approximate surface area is 132 Å². The Hall–Kier alpha value is -2.36. The van der Waals surface area contributed by atoms with Gasteiger partial charge in [-0.15, -0.1) is 0 Å². The summed E-state index contributed by atoms with van der Waals surface area (Å²) in [6.07, 6.45) is 5.68. The summed E-state index contributed by atoms with van der Waals surface area (Å²) in [5, 5.41) is 2.93. The molecule has 1 aromatic carbocycles. The van der Waals surface area contributed by atoms with Gasteiger partial charge in [0.15, 0.2) is 0 Å². The second-order valence-electron chi connectivity index (χ2n) is 5.38. The van der Waals surface area contributed by atoms with Gasteiger partial charge in [0.1, 0.15) is 0 Å². The first-order valence-electron chi connectivity index (χ1n) is 7.69. The second-order valence-corrected chi connectivity index (χ2v) is 5.38. The van der Waals surface area contributed by atoms with E-state index in [2.05, 4.69) is 22.1 Å². The number of carbonyl (C=O) groups is 1. The molecule has 0 fully saturated rings. The van der Waals surface area contributed by atoms with Crippen molar-refractivity contribution in [3.8, 4) is 0 Å². The number of anilines is 1. The number of pyridine rings is 1. The molecule has 2 rings (SSSR count). The van der Waals surface area contributed by atoms with Gasteiger partial charge >= 0.3 is 0 Å². The van der Waals surface area contributed by atoms with Crippen molar-refractivity contribution in [3.05, 3.63) is 59.9 Å². The number of nitrogens with zero attached hydrogens (tertiary/aromatic N) is 2. The molecule has 0 unspecified atom stereocenters. The lowest BCUT2D eigenvalue weighted by atomic mass is 10.2. The van der Waals surface area contributed by atoms with Crippen LogP contribution in [0.5, 0.6) is 0 Å². The third-order valence-electron chi connectivity index (χ3n) is 3.57. The van der Waals surface area contributed by atoms with Crippen LogP contribution in [0.2, 0.25) is 0 Å². The fourth-order valence-corrected chi connectivity index (χ4v) is 2.17. The molecule has 0 spiro atoms. The maximum Gasteiger partial charge on any atom is 0.253 e. The summed E-state index contributed by atoms with van der Waals surface area (Å²) in [5.74, 6) is -0.0953. The normalized spacial score (nSPS) is 10.3. The van der Waals surface area contributed by atoms with Crippen molar-refractivity contribution < 1.29 is 4.79 Å². The molecule has 1 amide bonds. The molecule has 0 saturated heterocycles. The molecule has 4 nitrogen and oxygen atoms in total. The van der Waals surface area contributed by atoms with Crippen molar-refractivity contribution in [1.82, 2.24) is 10.3 Å². The summed E-state index contributed by atoms with van der Waals surface area (Å²) in [4.78, 5) is 18.6. The Bertz CT molecular complexity index is 598. The van der Waals surface area contributed by atoms with Crippen LogP contribution in [0.3, 0.4) is 0 Å². The van der Waals surface area contributed by atoms with E-state index in [1.54, 1.807) is 12.4 Å². The number of unbranched alkanes of at least 4 members (excludes halogenated alkanes) is 1. The van der Waals surface area contributed by atoms with Crippen LogP contribution in [0, 0.1) is 0 Å². The molecule has 22 heavy (non-hydrogen) atoms. The number of hydrogen-bond donors (Lipinski definition) is 1. The average molecular weight is 297 g/mol. The molecular weight excluding hydrogens is 274 g/mol. The first-order chi connectivity index (χ1) is 10.7. The van der Waals surface area contributed by atoms with Crippen molar-refractivity contribution in [2.75, 3.05) is 18.5 Å². The van der Waals surface area contributed by atoms with E-state index in [0.717, 1.165) is 30.6 Å². The lowest BCUT2D eigenvalue weighted by molar-refractivity contribution is 0.0950. The molecule has 0 aliphatic rings. The summed E-state index contributed by atoms with van der Waals surface area (Å²) >= 11 is 0. The molecule has 2 aromatic rings. The summed E-state index contributed by atoms with van der Waals surface area (Å²) < 4.78 is 0. The van der Waals surface area contributed by atoms with Crippen molar-refractivity contribution in [2.24, 2.45) is 0 Å². The van der Waals surface area contributed by atoms with E-state index in [-0.39, 0.29) is 5.91 Å². The van der Waals surface area contributed by atoms with E-state index in [0.29, 0.717) is 12.1 Å². The molecule has 0 aliphatic carbocycles. The quantitative estimate of drug-likeness (QED) is 0.853. The monoisotopic (exact) mass is 297 g/mol. The first kappa shape index (κ1) is 16.0. The van der Waals surface area contributed by atoms with E-state index < -0.39 is 0 Å². The van der Waals surface area contributed by atoms with Crippen LogP contribution < -0.4 is 10.2 Å². The van der Waals surface area contributed by atoms with E-state index in [9.17, 15) is 4.79 Å². The molecule has 0 saturated carbocycles. The van der Waals surface area contributed by atoms with Gasteiger partial charge in [0.05, 0.1) is 17.4 Å². The largest absolute Gasteiger partial charge is 0.373 e. The molecule has 0 radical (unpaired) electrons. The minimum atomic E-state index is -0.0953. The van der Waals surface area contributed by atoms with Crippen LogP contribution in [0.4, 0.5) is 5.69 Å². The number of nitrogens with one attached hydrogen (secondary N) is 1. The van der Waals surface area contributed by atoms with Gasteiger partial charge in [0, 0.05) is 26.3 Å². The number of hydrogen-bond acceptors (Lipinski definition) is 3. The maximum absolute atomic E-state index is 12.2. The molecule has 1 aromatic heterocycles. The first-order valence-corrected chi connectivity index (χ1v) is 7.69. The summed E-state index contributed by atoms with van der Waals surface area (Å²) in [7, 11) is 2.03. The van der Waals surface area contributed by atoms with Gasteiger partial charge in [-0.3, -0.25) is 9.78 Å². The maximum atomic E-state index is 12.2. The Balaban J connectivity index is 1.97. The molecule has 1 N–H and O–H groups in total. The standard InChI is InChI=1S/C18H23N3O/c1-3-4-10-21(2)17-11-16(13-19-14-17)18(22)20-12-15-8-6-5-7-9-15/h5-9,11,13-14H,3-4,10,12H2,1-2H3,(H,20,22). The minimum absolute atomic E-state index is 0.0953. The van der Waals surface area contributed by atoms with Gasteiger partial charge in [0.2, 0.25) is 0 Å². The topological polar surface area (TPSA) is 45.2 Å². The Kier molecular flexibility index (Phi) is 5.95. The minimum Gasteiger partial charge on any atom is -0.373 e. The highest BCUT2D eigenvalue weighted by Crippen LogP contribution is 2.14. The third kappa shape index (κ3) is 4.58. The van der Waals surface area contributed by atoms with Gasteiger partial charge in [-0.05, 0) is 18.1 Å². The molecule has 0 aliphatic heterocycles. The molecular formula is C18H23N3O. The fourth-order valence-electron chi connectivity index (χ4n) is 2.17. The highest BCUT2D eigenvalue weighted by molar-refractivity contribution is 5.94. The van der Waals surface area contributed by atoms with Crippen LogP contribution in [-0.2, 0) is 6.54 Å². The van der Waals surface area contributed by atoms with Crippen molar-refractivity contribution in [1.29, 1.82) is 0 Å². The number of carbonyl (C=O) groups excluding carboxylic acids is 1. The summed E-state index contributed by atoms with van der Waals surface area (Å²) in [6.45, 7) is 3.66. The molecule has 116 valence electrons. The number of rotatable bonds is 7. The van der Waals surface area contributed by atoms with E-state index in [1.807, 2.05) is 43.4 Å². The Morgan fingerprint density at radius 1 is 1.23 bits per heavy atom. The van der Waals surface area contributed by atoms with Crippen LogP contribution >= 0.6 is 0 Å². The van der Waals surface area contributed by atoms with Gasteiger partial charge in [-0.2, -0.15) is 0 Å². The molecule has 0 bridgehead atoms. The van der Waals surface area contributed by atoms with Crippen LogP contribution in [0.15, 0.2) is 48.8 Å². The SMILES string of the molecule is CCCCN(C)c1cncc(C(=O)NCc2ccccc2)c1. The van der Waals surface area contributed by atoms with Crippen LogP contribution in [0.1, 0.15) is 35.7 Å². The molecule has 0 atom stereocenters. The number of amides is 1. The van der Waals surface area contributed by atoms with Crippen molar-refractivity contribution in [2.45, 2.75) is 26.3 Å². The smallest absolute Gasteiger partial charge is 0.253 e. The third-order valence-corrected chi connectivity index (χ3v) is 3.57. The predicted octanol–water partition coefficient (Wildman–Crippen LogP) is 3.25. The zero-order chi connectivity index (χ0) is 15.8. The second kappa shape index (κ2) is 8.17. The lowest BCUT2D eigenvalue weighted by Gasteiger charge is -2.19.